The lowest BCUT2D eigenvalue weighted by Crippen LogP contribution is -2.25. The van der Waals surface area contributed by atoms with Gasteiger partial charge in [-0.2, -0.15) is 0 Å². The summed E-state index contributed by atoms with van der Waals surface area (Å²) < 4.78 is 0. The molecule has 2 aliphatic rings. The lowest BCUT2D eigenvalue weighted by atomic mass is 9.71. The van der Waals surface area contributed by atoms with Crippen molar-refractivity contribution in [1.82, 2.24) is 0 Å². The molecule has 5 aromatic carbocycles. The van der Waals surface area contributed by atoms with Crippen LogP contribution in [0, 0.1) is 0 Å². The van der Waals surface area contributed by atoms with Crippen LogP contribution < -0.4 is 4.90 Å². The van der Waals surface area contributed by atoms with Crippen LogP contribution in [0.15, 0.2) is 109 Å². The molecule has 0 bridgehead atoms. The van der Waals surface area contributed by atoms with E-state index in [1.807, 2.05) is 0 Å². The minimum absolute atomic E-state index is 0.0197. The molecule has 1 saturated carbocycles. The van der Waals surface area contributed by atoms with Gasteiger partial charge in [-0.25, -0.2) is 0 Å². The first kappa shape index (κ1) is 36.3. The van der Waals surface area contributed by atoms with Crippen molar-refractivity contribution in [3.63, 3.8) is 0 Å². The third kappa shape index (κ3) is 6.89. The largest absolute Gasteiger partial charge is 0.310 e. The highest BCUT2D eigenvalue weighted by molar-refractivity contribution is 5.86. The molecule has 0 N–H and O–H groups in total. The average Bonchev–Trinajstić information content (AvgIpc) is 3.40. The molecule has 1 fully saturated rings. The summed E-state index contributed by atoms with van der Waals surface area (Å²) >= 11 is 0. The molecule has 52 heavy (non-hydrogen) atoms. The number of hydrogen-bond donors (Lipinski definition) is 0. The first-order valence-electron chi connectivity index (χ1n) is 20.3. The quantitative estimate of drug-likeness (QED) is 0.149. The molecular weight excluding hydrogens is 627 g/mol. The van der Waals surface area contributed by atoms with Gasteiger partial charge in [0, 0.05) is 22.5 Å². The maximum atomic E-state index is 2.56. The number of anilines is 3. The molecule has 0 atom stereocenters. The third-order valence-electron chi connectivity index (χ3n) is 12.2. The Morgan fingerprint density at radius 2 is 1.15 bits per heavy atom. The molecule has 0 saturated heterocycles. The summed E-state index contributed by atoms with van der Waals surface area (Å²) in [5, 5.41) is 0. The van der Waals surface area contributed by atoms with Crippen LogP contribution in [-0.2, 0) is 16.2 Å². The van der Waals surface area contributed by atoms with Crippen LogP contribution in [-0.4, -0.2) is 0 Å². The van der Waals surface area contributed by atoms with E-state index < -0.39 is 0 Å². The number of hydrogen-bond acceptors (Lipinski definition) is 1. The molecule has 5 aromatic rings. The van der Waals surface area contributed by atoms with Crippen LogP contribution in [0.5, 0.6) is 0 Å². The van der Waals surface area contributed by atoms with Gasteiger partial charge in [0.25, 0.3) is 0 Å². The van der Waals surface area contributed by atoms with Crippen molar-refractivity contribution in [3.05, 3.63) is 137 Å². The van der Waals surface area contributed by atoms with Gasteiger partial charge in [0.15, 0.2) is 0 Å². The van der Waals surface area contributed by atoms with Gasteiger partial charge in [0.1, 0.15) is 0 Å². The van der Waals surface area contributed by atoms with Crippen LogP contribution in [0.3, 0.4) is 0 Å². The van der Waals surface area contributed by atoms with Crippen LogP contribution >= 0.6 is 0 Å². The Hall–Kier alpha value is -4.10. The summed E-state index contributed by atoms with van der Waals surface area (Å²) in [6.45, 7) is 18.8. The average molecular weight is 688 g/mol. The van der Waals surface area contributed by atoms with Crippen molar-refractivity contribution in [2.24, 2.45) is 0 Å². The van der Waals surface area contributed by atoms with Gasteiger partial charge in [-0.1, -0.05) is 160 Å². The van der Waals surface area contributed by atoms with Crippen molar-refractivity contribution in [1.29, 1.82) is 0 Å². The molecule has 7 rings (SSSR count). The van der Waals surface area contributed by atoms with E-state index in [1.165, 1.54) is 99.2 Å². The summed E-state index contributed by atoms with van der Waals surface area (Å²) in [5.41, 5.74) is 16.5. The van der Waals surface area contributed by atoms with Gasteiger partial charge >= 0.3 is 0 Å². The van der Waals surface area contributed by atoms with E-state index in [9.17, 15) is 0 Å². The lowest BCUT2D eigenvalue weighted by molar-refractivity contribution is 0.436. The molecule has 270 valence electrons. The fourth-order valence-corrected chi connectivity index (χ4v) is 9.36. The van der Waals surface area contributed by atoms with E-state index in [-0.39, 0.29) is 16.2 Å². The van der Waals surface area contributed by atoms with Gasteiger partial charge in [-0.15, -0.1) is 0 Å². The van der Waals surface area contributed by atoms with Crippen molar-refractivity contribution >= 4 is 17.1 Å². The number of benzene rings is 5. The van der Waals surface area contributed by atoms with Crippen LogP contribution in [0.4, 0.5) is 17.1 Å². The maximum absolute atomic E-state index is 2.56. The molecule has 1 heteroatoms. The number of fused-ring (bicyclic) bond motifs is 3. The molecule has 2 aliphatic carbocycles. The fraction of sp³-hybridized carbons (Fsp3) is 0.412. The zero-order valence-electron chi connectivity index (χ0n) is 33.3. The van der Waals surface area contributed by atoms with Gasteiger partial charge < -0.3 is 4.90 Å². The first-order chi connectivity index (χ1) is 24.9. The molecule has 0 aliphatic heterocycles. The summed E-state index contributed by atoms with van der Waals surface area (Å²) in [4.78, 5) is 2.54. The zero-order chi connectivity index (χ0) is 36.7. The third-order valence-corrected chi connectivity index (χ3v) is 12.2. The lowest BCUT2D eigenvalue weighted by Gasteiger charge is -2.34. The molecule has 1 nitrogen and oxygen atoms in total. The van der Waals surface area contributed by atoms with E-state index in [0.29, 0.717) is 5.92 Å². The monoisotopic (exact) mass is 687 g/mol. The van der Waals surface area contributed by atoms with Crippen molar-refractivity contribution in [3.8, 4) is 22.3 Å². The van der Waals surface area contributed by atoms with Crippen molar-refractivity contribution in [2.75, 3.05) is 4.90 Å². The van der Waals surface area contributed by atoms with E-state index in [1.54, 1.807) is 0 Å². The van der Waals surface area contributed by atoms with Crippen molar-refractivity contribution in [2.45, 2.75) is 135 Å². The van der Waals surface area contributed by atoms with E-state index in [2.05, 4.69) is 169 Å². The Bertz CT molecular complexity index is 1970. The van der Waals surface area contributed by atoms with Gasteiger partial charge in [-0.05, 0) is 129 Å². The number of nitrogens with zero attached hydrogens (tertiary/aromatic N) is 1. The first-order valence-corrected chi connectivity index (χ1v) is 20.3. The van der Waals surface area contributed by atoms with Crippen LogP contribution in [0.2, 0.25) is 0 Å². The molecule has 0 spiro atoms. The molecular formula is C51H61N. The topological polar surface area (TPSA) is 3.24 Å². The fourth-order valence-electron chi connectivity index (χ4n) is 9.36. The normalized spacial score (nSPS) is 15.7. The van der Waals surface area contributed by atoms with Gasteiger partial charge in [0.2, 0.25) is 0 Å². The Morgan fingerprint density at radius 3 is 1.79 bits per heavy atom. The SMILES string of the molecule is CCCC1(CCC)c2ccccc2-c2ccc(N(c3ccc(-c4cccc(C5CCCCC5)c4)cc3)c3cc(C(C)(C)C)cc(C(C)(C)C)c3)cc21. The predicted molar refractivity (Wildman–Crippen MR) is 226 cm³/mol. The standard InChI is InChI=1S/C51H61N/c1-9-29-51(30-10-2)47-22-15-14-21-45(47)46-28-27-43(35-48(46)51)52(44-33-40(49(3,4)5)32-41(34-44)50(6,7)8)42-25-23-37(24-26-42)39-20-16-19-38(31-39)36-17-12-11-13-18-36/h14-16,19-28,31-36H,9-13,17-18,29-30H2,1-8H3. The van der Waals surface area contributed by atoms with Crippen LogP contribution in [0.1, 0.15) is 147 Å². The van der Waals surface area contributed by atoms with Crippen molar-refractivity contribution < 1.29 is 0 Å². The predicted octanol–water partition coefficient (Wildman–Crippen LogP) is 15.3. The molecule has 0 unspecified atom stereocenters. The summed E-state index contributed by atoms with van der Waals surface area (Å²) in [6, 6.07) is 42.7. The molecule has 0 aromatic heterocycles. The molecule has 0 heterocycles. The van der Waals surface area contributed by atoms with E-state index >= 15 is 0 Å². The maximum Gasteiger partial charge on any atom is 0.0467 e. The Labute approximate surface area is 315 Å². The summed E-state index contributed by atoms with van der Waals surface area (Å²) in [7, 11) is 0. The smallest absolute Gasteiger partial charge is 0.0467 e. The van der Waals surface area contributed by atoms with Gasteiger partial charge in [0.05, 0.1) is 0 Å². The molecule has 0 radical (unpaired) electrons. The number of rotatable bonds is 9. The summed E-state index contributed by atoms with van der Waals surface area (Å²) in [5.74, 6) is 0.703. The molecule has 0 amide bonds. The highest BCUT2D eigenvalue weighted by atomic mass is 15.1. The van der Waals surface area contributed by atoms with E-state index in [4.69, 9.17) is 0 Å². The Morgan fingerprint density at radius 1 is 0.538 bits per heavy atom. The van der Waals surface area contributed by atoms with Gasteiger partial charge in [-0.3, -0.25) is 0 Å². The minimum atomic E-state index is 0.0197. The highest BCUT2D eigenvalue weighted by Gasteiger charge is 2.42. The second kappa shape index (κ2) is 14.4. The second-order valence-electron chi connectivity index (χ2n) is 18.0. The Balaban J connectivity index is 1.39. The summed E-state index contributed by atoms with van der Waals surface area (Å²) in [6.07, 6.45) is 11.4. The van der Waals surface area contributed by atoms with Crippen LogP contribution in [0.25, 0.3) is 22.3 Å². The van der Waals surface area contributed by atoms with E-state index in [0.717, 1.165) is 25.7 Å². The highest BCUT2D eigenvalue weighted by Crippen LogP contribution is 2.55. The minimum Gasteiger partial charge on any atom is -0.310 e. The second-order valence-corrected chi connectivity index (χ2v) is 18.0. The Kier molecular flexibility index (Phi) is 10.0. The zero-order valence-corrected chi connectivity index (χ0v) is 33.3.